The van der Waals surface area contributed by atoms with E-state index in [1.807, 2.05) is 6.92 Å². The van der Waals surface area contributed by atoms with E-state index >= 15 is 0 Å². The third kappa shape index (κ3) is 4.38. The Hall–Kier alpha value is -3.30. The molecule has 0 aromatic heterocycles. The van der Waals surface area contributed by atoms with Gasteiger partial charge in [0.1, 0.15) is 23.9 Å². The van der Waals surface area contributed by atoms with Gasteiger partial charge in [0.05, 0.1) is 12.2 Å². The molecule has 6 heteroatoms. The molecule has 0 aliphatic rings. The van der Waals surface area contributed by atoms with Gasteiger partial charge < -0.3 is 10.1 Å². The molecule has 0 aliphatic carbocycles. The van der Waals surface area contributed by atoms with Crippen molar-refractivity contribution in [2.75, 3.05) is 11.9 Å². The second-order valence-corrected chi connectivity index (χ2v) is 3.92. The minimum atomic E-state index is -0.422. The number of hydrogen-bond donors (Lipinski definition) is 1. The largest absolute Gasteiger partial charge is 0.462 e. The van der Waals surface area contributed by atoms with Crippen LogP contribution in [0.5, 0.6) is 0 Å². The fourth-order valence-electron chi connectivity index (χ4n) is 1.40. The normalized spacial score (nSPS) is 8.67. The zero-order valence-corrected chi connectivity index (χ0v) is 11.4. The number of benzene rings is 1. The molecule has 0 saturated carbocycles. The summed E-state index contributed by atoms with van der Waals surface area (Å²) in [4.78, 5) is 11.6. The van der Waals surface area contributed by atoms with Gasteiger partial charge in [-0.1, -0.05) is 6.92 Å². The molecule has 0 saturated heterocycles. The summed E-state index contributed by atoms with van der Waals surface area (Å²) in [6.07, 6.45) is 0.743. The molecule has 0 radical (unpaired) electrons. The first kappa shape index (κ1) is 15.8. The zero-order valence-electron chi connectivity index (χ0n) is 11.4. The van der Waals surface area contributed by atoms with Gasteiger partial charge in [-0.05, 0) is 30.7 Å². The Kier molecular flexibility index (Phi) is 5.99. The molecule has 21 heavy (non-hydrogen) atoms. The minimum absolute atomic E-state index is 0.138. The summed E-state index contributed by atoms with van der Waals surface area (Å²) in [6.45, 7) is 2.26. The summed E-state index contributed by atoms with van der Waals surface area (Å²) in [5.74, 6) is -0.422. The first-order chi connectivity index (χ1) is 10.2. The van der Waals surface area contributed by atoms with Gasteiger partial charge in [0.25, 0.3) is 0 Å². The van der Waals surface area contributed by atoms with Gasteiger partial charge >= 0.3 is 5.97 Å². The predicted molar refractivity (Wildman–Crippen MR) is 74.5 cm³/mol. The average Bonchev–Trinajstić information content (AvgIpc) is 2.53. The molecule has 1 aromatic carbocycles. The SMILES string of the molecule is CCCOC(=O)c1ccc(NC(C#N)=C(C#N)C#N)cc1. The molecule has 0 fully saturated rings. The third-order valence-corrected chi connectivity index (χ3v) is 2.41. The van der Waals surface area contributed by atoms with Crippen molar-refractivity contribution in [3.05, 3.63) is 41.1 Å². The van der Waals surface area contributed by atoms with Crippen molar-refractivity contribution < 1.29 is 9.53 Å². The summed E-state index contributed by atoms with van der Waals surface area (Å²) < 4.78 is 4.99. The summed E-state index contributed by atoms with van der Waals surface area (Å²) in [7, 11) is 0. The van der Waals surface area contributed by atoms with E-state index < -0.39 is 5.97 Å². The van der Waals surface area contributed by atoms with Crippen molar-refractivity contribution in [2.24, 2.45) is 0 Å². The van der Waals surface area contributed by atoms with Crippen molar-refractivity contribution in [2.45, 2.75) is 13.3 Å². The maximum Gasteiger partial charge on any atom is 0.338 e. The highest BCUT2D eigenvalue weighted by Gasteiger charge is 2.08. The van der Waals surface area contributed by atoms with Crippen molar-refractivity contribution in [1.29, 1.82) is 15.8 Å². The second-order valence-electron chi connectivity index (χ2n) is 3.92. The molecule has 0 amide bonds. The van der Waals surface area contributed by atoms with Gasteiger partial charge in [0.15, 0.2) is 5.57 Å². The number of carbonyl (C=O) groups excluding carboxylic acids is 1. The molecule has 0 heterocycles. The van der Waals surface area contributed by atoms with Crippen LogP contribution in [0.25, 0.3) is 0 Å². The van der Waals surface area contributed by atoms with E-state index in [1.54, 1.807) is 30.3 Å². The number of anilines is 1. The molecule has 0 unspecified atom stereocenters. The Labute approximate surface area is 122 Å². The van der Waals surface area contributed by atoms with Crippen LogP contribution in [0.3, 0.4) is 0 Å². The maximum atomic E-state index is 11.6. The Balaban J connectivity index is 2.88. The van der Waals surface area contributed by atoms with E-state index in [-0.39, 0.29) is 11.3 Å². The standard InChI is InChI=1S/C15H12N4O2/c1-2-7-21-15(20)11-3-5-13(6-4-11)19-14(10-18)12(8-16)9-17/h3-6,19H,2,7H2,1H3. The van der Waals surface area contributed by atoms with Gasteiger partial charge in [-0.3, -0.25) is 0 Å². The van der Waals surface area contributed by atoms with Crippen molar-refractivity contribution in [3.8, 4) is 18.2 Å². The lowest BCUT2D eigenvalue weighted by atomic mass is 10.2. The van der Waals surface area contributed by atoms with Crippen LogP contribution in [0.15, 0.2) is 35.5 Å². The number of allylic oxidation sites excluding steroid dienone is 2. The lowest BCUT2D eigenvalue weighted by Gasteiger charge is -2.06. The number of rotatable bonds is 5. The van der Waals surface area contributed by atoms with Crippen LogP contribution in [-0.2, 0) is 4.74 Å². The van der Waals surface area contributed by atoms with Crippen LogP contribution in [0.1, 0.15) is 23.7 Å². The van der Waals surface area contributed by atoms with E-state index in [0.717, 1.165) is 6.42 Å². The first-order valence-electron chi connectivity index (χ1n) is 6.15. The Bertz CT molecular complexity index is 654. The Morgan fingerprint density at radius 2 is 1.76 bits per heavy atom. The number of nitrogens with zero attached hydrogens (tertiary/aromatic N) is 3. The van der Waals surface area contributed by atoms with E-state index in [9.17, 15) is 4.79 Å². The van der Waals surface area contributed by atoms with Gasteiger partial charge in [0, 0.05) is 5.69 Å². The fraction of sp³-hybridized carbons (Fsp3) is 0.200. The summed E-state index contributed by atoms with van der Waals surface area (Å²) >= 11 is 0. The van der Waals surface area contributed by atoms with Crippen molar-refractivity contribution >= 4 is 11.7 Å². The van der Waals surface area contributed by atoms with E-state index in [2.05, 4.69) is 5.32 Å². The van der Waals surface area contributed by atoms with Crippen LogP contribution in [0.4, 0.5) is 5.69 Å². The van der Waals surface area contributed by atoms with Crippen LogP contribution >= 0.6 is 0 Å². The van der Waals surface area contributed by atoms with Crippen molar-refractivity contribution in [3.63, 3.8) is 0 Å². The van der Waals surface area contributed by atoms with E-state index in [0.29, 0.717) is 17.9 Å². The highest BCUT2D eigenvalue weighted by molar-refractivity contribution is 5.89. The van der Waals surface area contributed by atoms with Crippen LogP contribution in [0, 0.1) is 34.0 Å². The highest BCUT2D eigenvalue weighted by Crippen LogP contribution is 2.14. The highest BCUT2D eigenvalue weighted by atomic mass is 16.5. The average molecular weight is 280 g/mol. The topological polar surface area (TPSA) is 110 Å². The smallest absolute Gasteiger partial charge is 0.338 e. The number of carbonyl (C=O) groups is 1. The Morgan fingerprint density at radius 1 is 1.14 bits per heavy atom. The number of nitrogens with one attached hydrogen (secondary N) is 1. The van der Waals surface area contributed by atoms with Gasteiger partial charge in [-0.15, -0.1) is 0 Å². The molecule has 0 atom stereocenters. The molecule has 0 spiro atoms. The quantitative estimate of drug-likeness (QED) is 0.655. The summed E-state index contributed by atoms with van der Waals surface area (Å²) in [6, 6.07) is 11.2. The molecule has 0 aliphatic heterocycles. The monoisotopic (exact) mass is 280 g/mol. The minimum Gasteiger partial charge on any atom is -0.462 e. The van der Waals surface area contributed by atoms with Gasteiger partial charge in [0.2, 0.25) is 0 Å². The zero-order chi connectivity index (χ0) is 15.7. The second kappa shape index (κ2) is 7.99. The van der Waals surface area contributed by atoms with Crippen LogP contribution in [-0.4, -0.2) is 12.6 Å². The fourth-order valence-corrected chi connectivity index (χ4v) is 1.40. The molecule has 1 rings (SSSR count). The van der Waals surface area contributed by atoms with Gasteiger partial charge in [-0.2, -0.15) is 15.8 Å². The van der Waals surface area contributed by atoms with Gasteiger partial charge in [-0.25, -0.2) is 4.79 Å². The Morgan fingerprint density at radius 3 is 2.24 bits per heavy atom. The molecule has 1 aromatic rings. The number of nitriles is 3. The molecule has 104 valence electrons. The molecule has 6 nitrogen and oxygen atoms in total. The number of hydrogen-bond acceptors (Lipinski definition) is 6. The summed E-state index contributed by atoms with van der Waals surface area (Å²) in [5, 5.41) is 29.0. The lowest BCUT2D eigenvalue weighted by molar-refractivity contribution is 0.0505. The first-order valence-corrected chi connectivity index (χ1v) is 6.15. The molecular formula is C15H12N4O2. The summed E-state index contributed by atoms with van der Waals surface area (Å²) in [5.41, 5.74) is 0.434. The number of ether oxygens (including phenoxy) is 1. The van der Waals surface area contributed by atoms with E-state index in [1.165, 1.54) is 12.1 Å². The third-order valence-electron chi connectivity index (χ3n) is 2.41. The maximum absolute atomic E-state index is 11.6. The van der Waals surface area contributed by atoms with Crippen molar-refractivity contribution in [1.82, 2.24) is 0 Å². The number of esters is 1. The van der Waals surface area contributed by atoms with Crippen LogP contribution < -0.4 is 5.32 Å². The lowest BCUT2D eigenvalue weighted by Crippen LogP contribution is -2.06. The predicted octanol–water partition coefficient (Wildman–Crippen LogP) is 2.49. The van der Waals surface area contributed by atoms with Crippen LogP contribution in [0.2, 0.25) is 0 Å². The molecular weight excluding hydrogens is 268 g/mol. The molecule has 1 N–H and O–H groups in total. The van der Waals surface area contributed by atoms with E-state index in [4.69, 9.17) is 20.5 Å². The molecule has 0 bridgehead atoms.